The van der Waals surface area contributed by atoms with E-state index in [-0.39, 0.29) is 5.41 Å². The summed E-state index contributed by atoms with van der Waals surface area (Å²) in [7, 11) is 1.90. The molecule has 0 atom stereocenters. The monoisotopic (exact) mass is 328 g/mol. The Morgan fingerprint density at radius 2 is 2.00 bits per heavy atom. The number of nitriles is 1. The number of fused-ring (bicyclic) bond motifs is 1. The quantitative estimate of drug-likeness (QED) is 0.570. The minimum Gasteiger partial charge on any atom is -0.237 e. The Labute approximate surface area is 138 Å². The molecule has 0 spiro atoms. The number of allylic oxidation sites excluding steroid dienone is 2. The molecule has 0 bridgehead atoms. The summed E-state index contributed by atoms with van der Waals surface area (Å²) in [6.07, 6.45) is 0. The Morgan fingerprint density at radius 1 is 1.27 bits per heavy atom. The third kappa shape index (κ3) is 2.62. The standard InChI is InChI=1S/C16H16N4S2/c1-16(2,3)14-13(22-20(4)19-14)10(9-17)15-18-11-7-5-6-8-12(11)21-15/h5-8H,1-4H3/b13-10-. The van der Waals surface area contributed by atoms with Crippen LogP contribution < -0.4 is 0 Å². The SMILES string of the molecule is CN1N=C(C(C)(C)C)/C(=C(\C#N)c2nc3ccccc3s2)S1. The molecule has 2 aromatic rings. The molecule has 1 aliphatic heterocycles. The highest BCUT2D eigenvalue weighted by Gasteiger charge is 2.33. The van der Waals surface area contributed by atoms with Gasteiger partial charge in [0, 0.05) is 24.4 Å². The van der Waals surface area contributed by atoms with E-state index in [9.17, 15) is 5.26 Å². The van der Waals surface area contributed by atoms with Gasteiger partial charge >= 0.3 is 0 Å². The van der Waals surface area contributed by atoms with Crippen molar-refractivity contribution in [3.05, 3.63) is 34.2 Å². The molecule has 0 fully saturated rings. The van der Waals surface area contributed by atoms with Gasteiger partial charge in [0.2, 0.25) is 0 Å². The van der Waals surface area contributed by atoms with Crippen molar-refractivity contribution < 1.29 is 0 Å². The normalized spacial score (nSPS) is 17.6. The molecule has 112 valence electrons. The topological polar surface area (TPSA) is 52.3 Å². The first kappa shape index (κ1) is 15.1. The predicted octanol–water partition coefficient (Wildman–Crippen LogP) is 4.53. The number of para-hydroxylation sites is 1. The van der Waals surface area contributed by atoms with Crippen LogP contribution in [0.5, 0.6) is 0 Å². The molecule has 0 radical (unpaired) electrons. The zero-order valence-electron chi connectivity index (χ0n) is 12.9. The van der Waals surface area contributed by atoms with Crippen LogP contribution in [-0.2, 0) is 0 Å². The van der Waals surface area contributed by atoms with Crippen molar-refractivity contribution in [1.29, 1.82) is 5.26 Å². The van der Waals surface area contributed by atoms with Crippen LogP contribution >= 0.6 is 23.3 Å². The fourth-order valence-electron chi connectivity index (χ4n) is 2.21. The molecule has 1 aliphatic rings. The van der Waals surface area contributed by atoms with E-state index in [0.717, 1.165) is 25.8 Å². The lowest BCUT2D eigenvalue weighted by Crippen LogP contribution is -2.20. The fraction of sp³-hybridized carbons (Fsp3) is 0.312. The summed E-state index contributed by atoms with van der Waals surface area (Å²) in [6, 6.07) is 10.3. The van der Waals surface area contributed by atoms with Gasteiger partial charge in [-0.05, 0) is 12.1 Å². The minimum absolute atomic E-state index is 0.119. The smallest absolute Gasteiger partial charge is 0.136 e. The molecule has 0 N–H and O–H groups in total. The van der Waals surface area contributed by atoms with Gasteiger partial charge in [0.25, 0.3) is 0 Å². The summed E-state index contributed by atoms with van der Waals surface area (Å²) in [6.45, 7) is 6.33. The highest BCUT2D eigenvalue weighted by atomic mass is 32.2. The zero-order chi connectivity index (χ0) is 15.9. The molecule has 0 saturated heterocycles. The van der Waals surface area contributed by atoms with E-state index in [1.807, 2.05) is 31.3 Å². The van der Waals surface area contributed by atoms with Crippen LogP contribution in [0.25, 0.3) is 15.8 Å². The van der Waals surface area contributed by atoms with Crippen LogP contribution in [0.2, 0.25) is 0 Å². The molecule has 0 aliphatic carbocycles. The Hall–Kier alpha value is -1.84. The number of nitrogens with zero attached hydrogens (tertiary/aromatic N) is 4. The first-order valence-electron chi connectivity index (χ1n) is 6.91. The Kier molecular flexibility index (Phi) is 3.71. The summed E-state index contributed by atoms with van der Waals surface area (Å²) < 4.78 is 2.90. The maximum Gasteiger partial charge on any atom is 0.136 e. The molecule has 1 aromatic carbocycles. The highest BCUT2D eigenvalue weighted by Crippen LogP contribution is 2.41. The third-order valence-corrected chi connectivity index (χ3v) is 5.22. The molecule has 2 heterocycles. The molecule has 3 rings (SSSR count). The molecule has 22 heavy (non-hydrogen) atoms. The van der Waals surface area contributed by atoms with Crippen LogP contribution in [0.3, 0.4) is 0 Å². The van der Waals surface area contributed by atoms with E-state index in [2.05, 4.69) is 36.9 Å². The average molecular weight is 328 g/mol. The predicted molar refractivity (Wildman–Crippen MR) is 94.4 cm³/mol. The van der Waals surface area contributed by atoms with Crippen molar-refractivity contribution in [2.75, 3.05) is 7.05 Å². The van der Waals surface area contributed by atoms with Crippen molar-refractivity contribution in [3.63, 3.8) is 0 Å². The number of hydrazone groups is 1. The molecule has 4 nitrogen and oxygen atoms in total. The second-order valence-electron chi connectivity index (χ2n) is 6.06. The van der Waals surface area contributed by atoms with E-state index in [1.165, 1.54) is 11.9 Å². The van der Waals surface area contributed by atoms with Crippen LogP contribution in [0.15, 0.2) is 34.3 Å². The number of rotatable bonds is 1. The van der Waals surface area contributed by atoms with E-state index in [0.29, 0.717) is 5.57 Å². The number of hydrogen-bond acceptors (Lipinski definition) is 6. The Morgan fingerprint density at radius 3 is 2.64 bits per heavy atom. The van der Waals surface area contributed by atoms with Gasteiger partial charge in [-0.3, -0.25) is 0 Å². The van der Waals surface area contributed by atoms with Crippen molar-refractivity contribution >= 4 is 44.8 Å². The van der Waals surface area contributed by atoms with E-state index < -0.39 is 0 Å². The van der Waals surface area contributed by atoms with Gasteiger partial charge in [0.05, 0.1) is 20.8 Å². The lowest BCUT2D eigenvalue weighted by Gasteiger charge is -2.18. The largest absolute Gasteiger partial charge is 0.237 e. The molecule has 6 heteroatoms. The van der Waals surface area contributed by atoms with E-state index >= 15 is 0 Å². The molecule has 0 amide bonds. The molecule has 1 aromatic heterocycles. The number of hydrogen-bond donors (Lipinski definition) is 0. The lowest BCUT2D eigenvalue weighted by molar-refractivity contribution is 0.561. The Bertz CT molecular complexity index is 801. The van der Waals surface area contributed by atoms with Crippen molar-refractivity contribution in [2.45, 2.75) is 20.8 Å². The lowest BCUT2D eigenvalue weighted by atomic mass is 9.88. The summed E-state index contributed by atoms with van der Waals surface area (Å²) in [5.74, 6) is 0. The number of aromatic nitrogens is 1. The van der Waals surface area contributed by atoms with Crippen LogP contribution in [0.1, 0.15) is 25.8 Å². The fourth-order valence-corrected chi connectivity index (χ4v) is 4.30. The van der Waals surface area contributed by atoms with Crippen LogP contribution in [0.4, 0.5) is 0 Å². The Balaban J connectivity index is 2.18. The van der Waals surface area contributed by atoms with Gasteiger partial charge in [0.1, 0.15) is 16.6 Å². The maximum atomic E-state index is 9.71. The number of benzene rings is 1. The summed E-state index contributed by atoms with van der Waals surface area (Å²) in [4.78, 5) is 5.53. The number of thiazole rings is 1. The van der Waals surface area contributed by atoms with Gasteiger partial charge in [-0.25, -0.2) is 9.40 Å². The molecular weight excluding hydrogens is 312 g/mol. The van der Waals surface area contributed by atoms with Crippen LogP contribution in [0, 0.1) is 16.7 Å². The van der Waals surface area contributed by atoms with E-state index in [1.54, 1.807) is 15.8 Å². The second kappa shape index (κ2) is 5.41. The van der Waals surface area contributed by atoms with Gasteiger partial charge in [-0.15, -0.1) is 11.3 Å². The molecule has 0 unspecified atom stereocenters. The van der Waals surface area contributed by atoms with Crippen molar-refractivity contribution in [1.82, 2.24) is 9.40 Å². The van der Waals surface area contributed by atoms with Gasteiger partial charge in [-0.2, -0.15) is 10.4 Å². The average Bonchev–Trinajstić information content (AvgIpc) is 3.03. The maximum absolute atomic E-state index is 9.71. The molecular formula is C16H16N4S2. The van der Waals surface area contributed by atoms with Gasteiger partial charge < -0.3 is 0 Å². The van der Waals surface area contributed by atoms with E-state index in [4.69, 9.17) is 0 Å². The summed E-state index contributed by atoms with van der Waals surface area (Å²) >= 11 is 3.04. The highest BCUT2D eigenvalue weighted by molar-refractivity contribution is 8.02. The second-order valence-corrected chi connectivity index (χ2v) is 8.21. The van der Waals surface area contributed by atoms with Gasteiger partial charge in [0.15, 0.2) is 0 Å². The molecule has 0 saturated carbocycles. The van der Waals surface area contributed by atoms with Crippen LogP contribution in [-0.4, -0.2) is 22.2 Å². The third-order valence-electron chi connectivity index (χ3n) is 3.24. The summed E-state index contributed by atoms with van der Waals surface area (Å²) in [5.41, 5.74) is 2.37. The zero-order valence-corrected chi connectivity index (χ0v) is 14.5. The van der Waals surface area contributed by atoms with Crippen molar-refractivity contribution in [3.8, 4) is 6.07 Å². The summed E-state index contributed by atoms with van der Waals surface area (Å²) in [5, 5.41) is 15.0. The van der Waals surface area contributed by atoms with Gasteiger partial charge in [-0.1, -0.05) is 32.9 Å². The first-order valence-corrected chi connectivity index (χ1v) is 8.50. The minimum atomic E-state index is -0.119. The van der Waals surface area contributed by atoms with Crippen molar-refractivity contribution in [2.24, 2.45) is 10.5 Å². The first-order chi connectivity index (χ1) is 10.4.